The number of nitrogens with zero attached hydrogens (tertiary/aromatic N) is 3. The van der Waals surface area contributed by atoms with Crippen LogP contribution in [0.15, 0.2) is 36.5 Å². The van der Waals surface area contributed by atoms with Crippen molar-refractivity contribution in [3.63, 3.8) is 0 Å². The number of amides is 1. The molecule has 3 heterocycles. The highest BCUT2D eigenvalue weighted by atomic mass is 32.1. The molecule has 6 nitrogen and oxygen atoms in total. The van der Waals surface area contributed by atoms with Crippen molar-refractivity contribution in [3.8, 4) is 5.19 Å². The summed E-state index contributed by atoms with van der Waals surface area (Å²) in [5, 5.41) is 4.51. The number of carbonyl (C=O) groups is 1. The molecule has 5 rings (SSSR count). The van der Waals surface area contributed by atoms with Crippen molar-refractivity contribution in [2.24, 2.45) is 11.8 Å². The smallest absolute Gasteiger partial charge is 0.273 e. The third-order valence-electron chi connectivity index (χ3n) is 7.51. The van der Waals surface area contributed by atoms with Gasteiger partial charge in [-0.1, -0.05) is 30.4 Å². The van der Waals surface area contributed by atoms with Crippen LogP contribution in [0, 0.1) is 11.8 Å². The first-order chi connectivity index (χ1) is 17.5. The zero-order valence-electron chi connectivity index (χ0n) is 20.5. The molecular formula is C27H32F2N4O2S. The van der Waals surface area contributed by atoms with Crippen LogP contribution in [0.1, 0.15) is 53.5 Å². The molecule has 2 aromatic heterocycles. The maximum atomic E-state index is 13.0. The average Bonchev–Trinajstić information content (AvgIpc) is 3.29. The number of aromatic nitrogens is 2. The van der Waals surface area contributed by atoms with Gasteiger partial charge in [-0.05, 0) is 68.7 Å². The summed E-state index contributed by atoms with van der Waals surface area (Å²) in [5.74, 6) is 1.14. The number of benzene rings is 1. The van der Waals surface area contributed by atoms with Gasteiger partial charge in [0, 0.05) is 41.2 Å². The molecule has 1 saturated carbocycles. The number of rotatable bonds is 8. The molecule has 3 aromatic rings. The van der Waals surface area contributed by atoms with Crippen LogP contribution in [-0.4, -0.2) is 52.9 Å². The van der Waals surface area contributed by atoms with Crippen LogP contribution in [0.5, 0.6) is 5.19 Å². The number of carbonyl (C=O) groups excluding carboxylic acids is 1. The van der Waals surface area contributed by atoms with E-state index in [9.17, 15) is 13.6 Å². The molecule has 1 aliphatic heterocycles. The molecule has 2 aliphatic rings. The third kappa shape index (κ3) is 5.83. The van der Waals surface area contributed by atoms with Gasteiger partial charge in [-0.25, -0.2) is 13.8 Å². The van der Waals surface area contributed by atoms with Crippen molar-refractivity contribution in [2.45, 2.75) is 58.0 Å². The minimum Gasteiger partial charge on any atom is -0.464 e. The van der Waals surface area contributed by atoms with Crippen molar-refractivity contribution in [1.29, 1.82) is 0 Å². The number of ether oxygens (including phenoxy) is 1. The minimum absolute atomic E-state index is 0.0199. The Kier molecular flexibility index (Phi) is 7.76. The van der Waals surface area contributed by atoms with Crippen LogP contribution in [0.4, 0.5) is 8.78 Å². The van der Waals surface area contributed by atoms with Gasteiger partial charge in [0.1, 0.15) is 0 Å². The summed E-state index contributed by atoms with van der Waals surface area (Å²) in [5.41, 5.74) is 2.49. The lowest BCUT2D eigenvalue weighted by Crippen LogP contribution is -2.41. The third-order valence-corrected chi connectivity index (χ3v) is 8.58. The van der Waals surface area contributed by atoms with E-state index in [0.717, 1.165) is 73.2 Å². The monoisotopic (exact) mass is 514 g/mol. The van der Waals surface area contributed by atoms with Crippen molar-refractivity contribution >= 4 is 28.1 Å². The van der Waals surface area contributed by atoms with Gasteiger partial charge >= 0.3 is 0 Å². The Hall–Kier alpha value is -2.65. The number of pyridine rings is 1. The first-order valence-corrected chi connectivity index (χ1v) is 13.5. The fourth-order valence-corrected chi connectivity index (χ4v) is 6.46. The van der Waals surface area contributed by atoms with Crippen molar-refractivity contribution in [3.05, 3.63) is 52.7 Å². The predicted molar refractivity (Wildman–Crippen MR) is 137 cm³/mol. The zero-order valence-corrected chi connectivity index (χ0v) is 21.3. The molecule has 0 bridgehead atoms. The van der Waals surface area contributed by atoms with Gasteiger partial charge in [0.05, 0.1) is 11.2 Å². The van der Waals surface area contributed by atoms with Gasteiger partial charge in [0.15, 0.2) is 6.61 Å². The first-order valence-electron chi connectivity index (χ1n) is 12.7. The van der Waals surface area contributed by atoms with Gasteiger partial charge in [-0.15, -0.1) is 0 Å². The van der Waals surface area contributed by atoms with Crippen LogP contribution in [0.2, 0.25) is 0 Å². The second kappa shape index (κ2) is 11.2. The summed E-state index contributed by atoms with van der Waals surface area (Å²) in [6.45, 7) is 4.41. The largest absolute Gasteiger partial charge is 0.464 e. The molecule has 0 radical (unpaired) electrons. The Balaban J connectivity index is 1.10. The maximum Gasteiger partial charge on any atom is 0.273 e. The molecule has 36 heavy (non-hydrogen) atoms. The second-order valence-corrected chi connectivity index (χ2v) is 11.0. The number of alkyl halides is 2. The van der Waals surface area contributed by atoms with E-state index in [1.54, 1.807) is 6.20 Å². The van der Waals surface area contributed by atoms with E-state index in [4.69, 9.17) is 4.74 Å². The number of nitrogens with one attached hydrogen (secondary N) is 1. The SMILES string of the molecule is CC1C[C@H](NC(=O)c2cccc3ncccc23)CC[C@@H]1CCN1CCc2sc(OCC(F)F)nc2C1. The summed E-state index contributed by atoms with van der Waals surface area (Å²) in [6.07, 6.45) is 4.35. The van der Waals surface area contributed by atoms with Crippen LogP contribution in [0.25, 0.3) is 10.9 Å². The summed E-state index contributed by atoms with van der Waals surface area (Å²) in [7, 11) is 0. The number of fused-ring (bicyclic) bond motifs is 2. The highest BCUT2D eigenvalue weighted by Gasteiger charge is 2.30. The highest BCUT2D eigenvalue weighted by molar-refractivity contribution is 7.13. The maximum absolute atomic E-state index is 13.0. The summed E-state index contributed by atoms with van der Waals surface area (Å²) < 4.78 is 29.9. The van der Waals surface area contributed by atoms with Crippen LogP contribution < -0.4 is 10.1 Å². The van der Waals surface area contributed by atoms with Crippen LogP contribution in [0.3, 0.4) is 0 Å². The average molecular weight is 515 g/mol. The number of halogens is 2. The van der Waals surface area contributed by atoms with Gasteiger partial charge < -0.3 is 10.1 Å². The van der Waals surface area contributed by atoms with Gasteiger partial charge in [-0.2, -0.15) is 0 Å². The topological polar surface area (TPSA) is 67.4 Å². The van der Waals surface area contributed by atoms with E-state index in [1.165, 1.54) is 11.3 Å². The molecule has 1 fully saturated rings. The Morgan fingerprint density at radius 3 is 3.00 bits per heavy atom. The molecule has 3 atom stereocenters. The molecule has 1 N–H and O–H groups in total. The normalized spacial score (nSPS) is 22.5. The number of hydrogen-bond acceptors (Lipinski definition) is 6. The molecular weight excluding hydrogens is 482 g/mol. The molecule has 1 unspecified atom stereocenters. The molecule has 0 spiro atoms. The quantitative estimate of drug-likeness (QED) is 0.441. The van der Waals surface area contributed by atoms with E-state index in [1.807, 2.05) is 30.3 Å². The molecule has 9 heteroatoms. The zero-order chi connectivity index (χ0) is 25.1. The lowest BCUT2D eigenvalue weighted by Gasteiger charge is -2.36. The summed E-state index contributed by atoms with van der Waals surface area (Å²) in [6, 6.07) is 9.69. The fraction of sp³-hybridized carbons (Fsp3) is 0.519. The summed E-state index contributed by atoms with van der Waals surface area (Å²) in [4.78, 5) is 25.4. The molecule has 192 valence electrons. The Labute approximate surface area is 214 Å². The highest BCUT2D eigenvalue weighted by Crippen LogP contribution is 2.34. The Morgan fingerprint density at radius 1 is 1.28 bits per heavy atom. The van der Waals surface area contributed by atoms with Gasteiger partial charge in [0.25, 0.3) is 17.5 Å². The first kappa shape index (κ1) is 25.0. The standard InChI is InChI=1S/C27H32F2N4O2S/c1-17-14-19(31-26(34)21-4-2-6-22-20(21)5-3-11-30-22)8-7-18(17)9-12-33-13-10-24-23(15-33)32-27(36-24)35-16-25(28)29/h2-6,11,17-19,25H,7-10,12-16H2,1H3,(H,31,34)/t17?,18-,19-/m1/s1. The molecule has 1 aromatic carbocycles. The van der Waals surface area contributed by atoms with Crippen LogP contribution >= 0.6 is 11.3 Å². The Morgan fingerprint density at radius 2 is 2.17 bits per heavy atom. The predicted octanol–water partition coefficient (Wildman–Crippen LogP) is 5.32. The number of hydrogen-bond donors (Lipinski definition) is 1. The fourth-order valence-electron chi connectivity index (χ4n) is 5.55. The lowest BCUT2D eigenvalue weighted by atomic mass is 9.76. The van der Waals surface area contributed by atoms with Crippen molar-refractivity contribution in [1.82, 2.24) is 20.2 Å². The van der Waals surface area contributed by atoms with E-state index in [0.29, 0.717) is 22.6 Å². The van der Waals surface area contributed by atoms with Gasteiger partial charge in [-0.3, -0.25) is 14.7 Å². The van der Waals surface area contributed by atoms with E-state index < -0.39 is 13.0 Å². The van der Waals surface area contributed by atoms with E-state index in [-0.39, 0.29) is 11.9 Å². The van der Waals surface area contributed by atoms with E-state index in [2.05, 4.69) is 27.1 Å². The van der Waals surface area contributed by atoms with Crippen molar-refractivity contribution in [2.75, 3.05) is 19.7 Å². The number of thiazole rings is 1. The second-order valence-electron chi connectivity index (χ2n) is 9.96. The van der Waals surface area contributed by atoms with Crippen molar-refractivity contribution < 1.29 is 18.3 Å². The molecule has 1 aliphatic carbocycles. The van der Waals surface area contributed by atoms with Gasteiger partial charge in [0.2, 0.25) is 0 Å². The molecule has 1 amide bonds. The Bertz CT molecular complexity index is 1200. The lowest BCUT2D eigenvalue weighted by molar-refractivity contribution is 0.0815. The van der Waals surface area contributed by atoms with E-state index >= 15 is 0 Å². The van der Waals surface area contributed by atoms with Crippen LogP contribution in [-0.2, 0) is 13.0 Å². The summed E-state index contributed by atoms with van der Waals surface area (Å²) >= 11 is 1.40. The molecule has 0 saturated heterocycles. The minimum atomic E-state index is -2.48.